The number of carbonyl (C=O) groups is 1. The quantitative estimate of drug-likeness (QED) is 0.379. The molecular formula is C23H27N3O. The molecule has 0 atom stereocenters. The van der Waals surface area contributed by atoms with Crippen LogP contribution in [0, 0.1) is 0 Å². The number of rotatable bonds is 6. The molecule has 4 heteroatoms. The van der Waals surface area contributed by atoms with E-state index in [1.54, 1.807) is 5.01 Å². The maximum Gasteiger partial charge on any atom is 0.150 e. The molecule has 3 aromatic rings. The van der Waals surface area contributed by atoms with Crippen molar-refractivity contribution < 1.29 is 4.79 Å². The molecule has 0 aliphatic rings. The lowest BCUT2D eigenvalue weighted by atomic mass is 10.2. The van der Waals surface area contributed by atoms with Crippen LogP contribution in [0.4, 0.5) is 17.1 Å². The molecule has 0 aromatic heterocycles. The van der Waals surface area contributed by atoms with Gasteiger partial charge in [0.1, 0.15) is 6.29 Å². The van der Waals surface area contributed by atoms with Crippen molar-refractivity contribution in [2.24, 2.45) is 5.84 Å². The van der Waals surface area contributed by atoms with Gasteiger partial charge in [0.05, 0.1) is 11.4 Å². The Hall–Kier alpha value is -3.11. The lowest BCUT2D eigenvalue weighted by Crippen LogP contribution is -2.24. The smallest absolute Gasteiger partial charge is 0.150 e. The van der Waals surface area contributed by atoms with Crippen molar-refractivity contribution in [1.82, 2.24) is 0 Å². The highest BCUT2D eigenvalue weighted by Crippen LogP contribution is 2.20. The van der Waals surface area contributed by atoms with Crippen LogP contribution in [0.5, 0.6) is 0 Å². The lowest BCUT2D eigenvalue weighted by molar-refractivity contribution is 0.112. The van der Waals surface area contributed by atoms with Gasteiger partial charge in [-0.25, -0.2) is 5.84 Å². The van der Waals surface area contributed by atoms with E-state index in [4.69, 9.17) is 5.84 Å². The molecule has 0 radical (unpaired) electrons. The lowest BCUT2D eigenvalue weighted by Gasteiger charge is -2.20. The van der Waals surface area contributed by atoms with Crippen molar-refractivity contribution in [2.75, 3.05) is 23.0 Å². The van der Waals surface area contributed by atoms with Gasteiger partial charge >= 0.3 is 0 Å². The van der Waals surface area contributed by atoms with E-state index < -0.39 is 0 Å². The number of nitrogens with zero attached hydrogens (tertiary/aromatic N) is 2. The fourth-order valence-corrected chi connectivity index (χ4v) is 2.68. The highest BCUT2D eigenvalue weighted by atomic mass is 16.1. The van der Waals surface area contributed by atoms with Crippen molar-refractivity contribution in [3.8, 4) is 0 Å². The minimum Gasteiger partial charge on any atom is -0.372 e. The van der Waals surface area contributed by atoms with Crippen LogP contribution in [-0.4, -0.2) is 19.4 Å². The zero-order valence-corrected chi connectivity index (χ0v) is 16.0. The first-order valence-corrected chi connectivity index (χ1v) is 9.14. The van der Waals surface area contributed by atoms with E-state index in [0.29, 0.717) is 0 Å². The first-order chi connectivity index (χ1) is 13.2. The average Bonchev–Trinajstić information content (AvgIpc) is 2.76. The predicted molar refractivity (Wildman–Crippen MR) is 115 cm³/mol. The molecule has 0 aliphatic heterocycles. The summed E-state index contributed by atoms with van der Waals surface area (Å²) in [6.45, 7) is 6.24. The largest absolute Gasteiger partial charge is 0.372 e. The average molecular weight is 361 g/mol. The second-order valence-electron chi connectivity index (χ2n) is 5.92. The second kappa shape index (κ2) is 10.8. The van der Waals surface area contributed by atoms with E-state index in [0.717, 1.165) is 36.3 Å². The van der Waals surface area contributed by atoms with Crippen molar-refractivity contribution in [3.63, 3.8) is 0 Å². The maximum atomic E-state index is 10.4. The Kier molecular flexibility index (Phi) is 8.07. The minimum atomic E-state index is 0.732. The monoisotopic (exact) mass is 361 g/mol. The molecule has 0 bridgehead atoms. The van der Waals surface area contributed by atoms with E-state index in [2.05, 4.69) is 18.7 Å². The van der Waals surface area contributed by atoms with Gasteiger partial charge < -0.3 is 4.90 Å². The molecule has 0 unspecified atom stereocenters. The van der Waals surface area contributed by atoms with Gasteiger partial charge in [-0.3, -0.25) is 9.80 Å². The highest BCUT2D eigenvalue weighted by molar-refractivity contribution is 5.75. The van der Waals surface area contributed by atoms with Crippen molar-refractivity contribution >= 4 is 23.3 Å². The number of benzene rings is 3. The number of para-hydroxylation sites is 2. The number of anilines is 3. The summed E-state index contributed by atoms with van der Waals surface area (Å²) in [6.07, 6.45) is 0.867. The Morgan fingerprint density at radius 1 is 0.704 bits per heavy atom. The number of carbonyl (C=O) groups excluding carboxylic acids is 1. The van der Waals surface area contributed by atoms with Crippen molar-refractivity contribution in [2.45, 2.75) is 13.8 Å². The summed E-state index contributed by atoms with van der Waals surface area (Å²) in [7, 11) is 0. The molecule has 4 nitrogen and oxygen atoms in total. The number of nitrogens with two attached hydrogens (primary N) is 1. The van der Waals surface area contributed by atoms with Crippen LogP contribution >= 0.6 is 0 Å². The van der Waals surface area contributed by atoms with Gasteiger partial charge in [-0.05, 0) is 62.4 Å². The molecule has 3 rings (SSSR count). The van der Waals surface area contributed by atoms with E-state index in [1.165, 1.54) is 5.69 Å². The molecule has 2 N–H and O–H groups in total. The van der Waals surface area contributed by atoms with E-state index in [9.17, 15) is 4.79 Å². The van der Waals surface area contributed by atoms with Crippen molar-refractivity contribution in [3.05, 3.63) is 90.5 Å². The Balaban J connectivity index is 0.000000194. The van der Waals surface area contributed by atoms with E-state index in [1.807, 2.05) is 84.9 Å². The predicted octanol–water partition coefficient (Wildman–Crippen LogP) is 5.04. The van der Waals surface area contributed by atoms with E-state index >= 15 is 0 Å². The molecule has 0 fully saturated rings. The van der Waals surface area contributed by atoms with E-state index in [-0.39, 0.29) is 0 Å². The normalized spacial score (nSPS) is 9.74. The van der Waals surface area contributed by atoms with Crippen LogP contribution in [0.2, 0.25) is 0 Å². The van der Waals surface area contributed by atoms with Gasteiger partial charge in [-0.15, -0.1) is 0 Å². The molecule has 0 spiro atoms. The van der Waals surface area contributed by atoms with Crippen LogP contribution in [0.1, 0.15) is 24.2 Å². The van der Waals surface area contributed by atoms with Gasteiger partial charge in [0.25, 0.3) is 0 Å². The summed E-state index contributed by atoms with van der Waals surface area (Å²) in [6, 6.07) is 27.4. The topological polar surface area (TPSA) is 49.6 Å². The summed E-state index contributed by atoms with van der Waals surface area (Å²) in [4.78, 5) is 12.7. The van der Waals surface area contributed by atoms with Gasteiger partial charge in [0.2, 0.25) is 0 Å². The van der Waals surface area contributed by atoms with Crippen LogP contribution in [0.15, 0.2) is 84.9 Å². The summed E-state index contributed by atoms with van der Waals surface area (Å²) >= 11 is 0. The molecule has 0 aliphatic carbocycles. The fraction of sp³-hybridized carbons (Fsp3) is 0.174. The summed E-state index contributed by atoms with van der Waals surface area (Å²) in [5, 5.41) is 1.67. The number of hydrogen-bond donors (Lipinski definition) is 1. The van der Waals surface area contributed by atoms with Gasteiger partial charge in [-0.2, -0.15) is 0 Å². The third kappa shape index (κ3) is 5.97. The van der Waals surface area contributed by atoms with Gasteiger partial charge in [-0.1, -0.05) is 36.4 Å². The third-order valence-electron chi connectivity index (χ3n) is 4.23. The number of aldehydes is 1. The zero-order valence-electron chi connectivity index (χ0n) is 16.0. The summed E-state index contributed by atoms with van der Waals surface area (Å²) in [5.41, 5.74) is 3.88. The highest BCUT2D eigenvalue weighted by Gasteiger charge is 2.01. The standard InChI is InChI=1S/C12H12N2.C11H15NO/c13-14(11-7-3-1-4-8-11)12-9-5-2-6-10-12;1-3-12(4-2)11-7-5-10(9-13)6-8-11/h1-10H,13H2;5-9H,3-4H2,1-2H3. The molecular weight excluding hydrogens is 334 g/mol. The van der Waals surface area contributed by atoms with Crippen LogP contribution in [0.25, 0.3) is 0 Å². The molecule has 140 valence electrons. The number of hydrazine groups is 1. The second-order valence-corrected chi connectivity index (χ2v) is 5.92. The summed E-state index contributed by atoms with van der Waals surface area (Å²) in [5.74, 6) is 5.95. The van der Waals surface area contributed by atoms with Gasteiger partial charge in [0.15, 0.2) is 0 Å². The minimum absolute atomic E-state index is 0.732. The third-order valence-corrected chi connectivity index (χ3v) is 4.23. The first-order valence-electron chi connectivity index (χ1n) is 9.14. The molecule has 0 saturated carbocycles. The molecule has 0 amide bonds. The molecule has 27 heavy (non-hydrogen) atoms. The van der Waals surface area contributed by atoms with Crippen LogP contribution < -0.4 is 15.8 Å². The Morgan fingerprint density at radius 3 is 1.52 bits per heavy atom. The molecule has 0 heterocycles. The Labute approximate surface area is 161 Å². The molecule has 0 saturated heterocycles. The summed E-state index contributed by atoms with van der Waals surface area (Å²) < 4.78 is 0. The van der Waals surface area contributed by atoms with Gasteiger partial charge in [0, 0.05) is 24.3 Å². The van der Waals surface area contributed by atoms with Crippen molar-refractivity contribution in [1.29, 1.82) is 0 Å². The number of hydrogen-bond acceptors (Lipinski definition) is 4. The Morgan fingerprint density at radius 2 is 1.15 bits per heavy atom. The van der Waals surface area contributed by atoms with Crippen LogP contribution in [-0.2, 0) is 0 Å². The Bertz CT molecular complexity index is 745. The fourth-order valence-electron chi connectivity index (χ4n) is 2.68. The van der Waals surface area contributed by atoms with Crippen LogP contribution in [0.3, 0.4) is 0 Å². The first kappa shape index (κ1) is 20.2. The zero-order chi connectivity index (χ0) is 19.5. The SMILES string of the molecule is CCN(CC)c1ccc(C=O)cc1.NN(c1ccccc1)c1ccccc1. The molecule has 3 aromatic carbocycles. The maximum absolute atomic E-state index is 10.4.